The van der Waals surface area contributed by atoms with Crippen molar-refractivity contribution in [3.05, 3.63) is 64.0 Å². The van der Waals surface area contributed by atoms with Crippen molar-refractivity contribution >= 4 is 17.2 Å². The Bertz CT molecular complexity index is 925. The van der Waals surface area contributed by atoms with Gasteiger partial charge in [0.25, 0.3) is 5.91 Å². The van der Waals surface area contributed by atoms with Crippen molar-refractivity contribution < 1.29 is 9.53 Å². The zero-order valence-corrected chi connectivity index (χ0v) is 14.5. The highest BCUT2D eigenvalue weighted by molar-refractivity contribution is 7.09. The van der Waals surface area contributed by atoms with Crippen LogP contribution >= 0.6 is 11.3 Å². The number of ether oxygens (including phenoxy) is 1. The minimum Gasteiger partial charge on any atom is -0.497 e. The lowest BCUT2D eigenvalue weighted by Crippen LogP contribution is -2.14. The number of aromatic nitrogens is 2. The van der Waals surface area contributed by atoms with E-state index in [4.69, 9.17) is 4.74 Å². The molecule has 0 atom stereocenters. The SMILES string of the molecule is COc1ccc(-c2c(C)sc(=NC(=O)c3ccccn3)n2C)cc1. The van der Waals surface area contributed by atoms with E-state index in [9.17, 15) is 4.79 Å². The summed E-state index contributed by atoms with van der Waals surface area (Å²) in [5.41, 5.74) is 2.43. The number of pyridine rings is 1. The average molecular weight is 339 g/mol. The van der Waals surface area contributed by atoms with Gasteiger partial charge in [-0.25, -0.2) is 0 Å². The number of rotatable bonds is 3. The number of nitrogens with zero attached hydrogens (tertiary/aromatic N) is 3. The van der Waals surface area contributed by atoms with Crippen molar-refractivity contribution in [1.82, 2.24) is 9.55 Å². The molecule has 0 aliphatic carbocycles. The number of amides is 1. The number of hydrogen-bond donors (Lipinski definition) is 0. The molecule has 0 saturated heterocycles. The van der Waals surface area contributed by atoms with Crippen LogP contribution in [0.1, 0.15) is 15.4 Å². The van der Waals surface area contributed by atoms with Crippen LogP contribution in [0, 0.1) is 6.92 Å². The molecular formula is C18H17N3O2S. The van der Waals surface area contributed by atoms with E-state index in [0.717, 1.165) is 21.9 Å². The molecule has 2 aromatic heterocycles. The molecule has 1 amide bonds. The predicted molar refractivity (Wildman–Crippen MR) is 94.1 cm³/mol. The molecule has 0 N–H and O–H groups in total. The van der Waals surface area contributed by atoms with E-state index in [1.807, 2.05) is 42.8 Å². The van der Waals surface area contributed by atoms with Crippen molar-refractivity contribution in [2.75, 3.05) is 7.11 Å². The van der Waals surface area contributed by atoms with Crippen molar-refractivity contribution in [3.8, 4) is 17.0 Å². The maximum absolute atomic E-state index is 12.3. The molecule has 0 spiro atoms. The topological polar surface area (TPSA) is 56.5 Å². The first-order valence-corrected chi connectivity index (χ1v) is 8.22. The number of carbonyl (C=O) groups excluding carboxylic acids is 1. The number of methoxy groups -OCH3 is 1. The fourth-order valence-corrected chi connectivity index (χ4v) is 3.44. The summed E-state index contributed by atoms with van der Waals surface area (Å²) in [4.78, 5) is 22.3. The summed E-state index contributed by atoms with van der Waals surface area (Å²) in [5, 5.41) is 0. The van der Waals surface area contributed by atoms with Crippen LogP contribution in [0.2, 0.25) is 0 Å². The molecule has 0 saturated carbocycles. The van der Waals surface area contributed by atoms with Crippen LogP contribution in [0.3, 0.4) is 0 Å². The summed E-state index contributed by atoms with van der Waals surface area (Å²) >= 11 is 1.49. The Labute approximate surface area is 143 Å². The van der Waals surface area contributed by atoms with Crippen molar-refractivity contribution in [1.29, 1.82) is 0 Å². The molecule has 6 heteroatoms. The van der Waals surface area contributed by atoms with Gasteiger partial charge in [-0.3, -0.25) is 9.78 Å². The van der Waals surface area contributed by atoms with Gasteiger partial charge in [-0.05, 0) is 48.9 Å². The van der Waals surface area contributed by atoms with Gasteiger partial charge in [-0.15, -0.1) is 11.3 Å². The monoisotopic (exact) mass is 339 g/mol. The quantitative estimate of drug-likeness (QED) is 0.736. The Kier molecular flexibility index (Phi) is 4.57. The highest BCUT2D eigenvalue weighted by Crippen LogP contribution is 2.26. The smallest absolute Gasteiger partial charge is 0.298 e. The van der Waals surface area contributed by atoms with Gasteiger partial charge in [-0.2, -0.15) is 4.99 Å². The standard InChI is InChI=1S/C18H17N3O2S/c1-12-16(13-7-9-14(23-3)10-8-13)21(2)18(24-12)20-17(22)15-6-4-5-11-19-15/h4-11H,1-3H3. The van der Waals surface area contributed by atoms with Gasteiger partial charge in [0.1, 0.15) is 11.4 Å². The number of carbonyl (C=O) groups is 1. The second-order valence-corrected chi connectivity index (χ2v) is 6.39. The van der Waals surface area contributed by atoms with E-state index >= 15 is 0 Å². The van der Waals surface area contributed by atoms with E-state index in [2.05, 4.69) is 9.98 Å². The largest absolute Gasteiger partial charge is 0.497 e. The minimum absolute atomic E-state index is 0.339. The molecule has 0 bridgehead atoms. The van der Waals surface area contributed by atoms with Gasteiger partial charge < -0.3 is 9.30 Å². The summed E-state index contributed by atoms with van der Waals surface area (Å²) in [6, 6.07) is 13.0. The maximum atomic E-state index is 12.3. The average Bonchev–Trinajstić information content (AvgIpc) is 2.89. The molecule has 3 aromatic rings. The molecule has 122 valence electrons. The van der Waals surface area contributed by atoms with Crippen molar-refractivity contribution in [3.63, 3.8) is 0 Å². The summed E-state index contributed by atoms with van der Waals surface area (Å²) in [6.07, 6.45) is 1.59. The lowest BCUT2D eigenvalue weighted by molar-refractivity contribution is 0.0993. The number of thiazole rings is 1. The molecule has 0 unspecified atom stereocenters. The van der Waals surface area contributed by atoms with E-state index < -0.39 is 0 Å². The lowest BCUT2D eigenvalue weighted by Gasteiger charge is -2.06. The second kappa shape index (κ2) is 6.80. The van der Waals surface area contributed by atoms with E-state index in [1.165, 1.54) is 11.3 Å². The summed E-state index contributed by atoms with van der Waals surface area (Å²) in [7, 11) is 3.55. The van der Waals surface area contributed by atoms with Crippen LogP contribution in [-0.4, -0.2) is 22.6 Å². The van der Waals surface area contributed by atoms with E-state index in [-0.39, 0.29) is 5.91 Å². The van der Waals surface area contributed by atoms with Gasteiger partial charge in [-0.1, -0.05) is 6.07 Å². The van der Waals surface area contributed by atoms with E-state index in [1.54, 1.807) is 31.5 Å². The molecule has 5 nitrogen and oxygen atoms in total. The fraction of sp³-hybridized carbons (Fsp3) is 0.167. The zero-order valence-electron chi connectivity index (χ0n) is 13.7. The summed E-state index contributed by atoms with van der Waals surface area (Å²) in [5.74, 6) is 0.471. The van der Waals surface area contributed by atoms with Crippen LogP contribution < -0.4 is 9.54 Å². The van der Waals surface area contributed by atoms with Crippen LogP contribution in [0.15, 0.2) is 53.7 Å². The highest BCUT2D eigenvalue weighted by atomic mass is 32.1. The van der Waals surface area contributed by atoms with Gasteiger partial charge in [0.05, 0.1) is 12.8 Å². The van der Waals surface area contributed by atoms with Gasteiger partial charge in [0, 0.05) is 18.1 Å². The molecule has 0 aliphatic rings. The number of hydrogen-bond acceptors (Lipinski definition) is 4. The Morgan fingerprint density at radius 1 is 1.21 bits per heavy atom. The third-order valence-electron chi connectivity index (χ3n) is 3.64. The molecule has 1 aromatic carbocycles. The zero-order chi connectivity index (χ0) is 17.1. The Hall–Kier alpha value is -2.73. The van der Waals surface area contributed by atoms with Crippen molar-refractivity contribution in [2.24, 2.45) is 12.0 Å². The minimum atomic E-state index is -0.339. The Morgan fingerprint density at radius 3 is 2.58 bits per heavy atom. The number of benzene rings is 1. The highest BCUT2D eigenvalue weighted by Gasteiger charge is 2.12. The first-order chi connectivity index (χ1) is 11.6. The second-order valence-electron chi connectivity index (χ2n) is 5.21. The summed E-state index contributed by atoms with van der Waals surface area (Å²) < 4.78 is 7.13. The van der Waals surface area contributed by atoms with Gasteiger partial charge in [0.15, 0.2) is 4.80 Å². The van der Waals surface area contributed by atoms with Crippen LogP contribution in [0.5, 0.6) is 5.75 Å². The first-order valence-electron chi connectivity index (χ1n) is 7.41. The summed E-state index contributed by atoms with van der Waals surface area (Å²) in [6.45, 7) is 2.02. The molecule has 0 fully saturated rings. The first kappa shape index (κ1) is 16.1. The molecule has 0 radical (unpaired) electrons. The molecule has 3 rings (SSSR count). The molecule has 2 heterocycles. The fourth-order valence-electron chi connectivity index (χ4n) is 2.46. The Balaban J connectivity index is 2.03. The molecular weight excluding hydrogens is 322 g/mol. The van der Waals surface area contributed by atoms with Crippen LogP contribution in [0.4, 0.5) is 0 Å². The van der Waals surface area contributed by atoms with Crippen molar-refractivity contribution in [2.45, 2.75) is 6.92 Å². The third-order valence-corrected chi connectivity index (χ3v) is 4.69. The lowest BCUT2D eigenvalue weighted by atomic mass is 10.1. The van der Waals surface area contributed by atoms with Crippen LogP contribution in [-0.2, 0) is 7.05 Å². The van der Waals surface area contributed by atoms with Gasteiger partial charge in [0.2, 0.25) is 0 Å². The number of aryl methyl sites for hydroxylation is 1. The maximum Gasteiger partial charge on any atom is 0.298 e. The Morgan fingerprint density at radius 2 is 1.96 bits per heavy atom. The molecule has 0 aliphatic heterocycles. The van der Waals surface area contributed by atoms with E-state index in [0.29, 0.717) is 10.5 Å². The molecule has 24 heavy (non-hydrogen) atoms. The predicted octanol–water partition coefficient (Wildman–Crippen LogP) is 3.21. The van der Waals surface area contributed by atoms with Crippen LogP contribution in [0.25, 0.3) is 11.3 Å². The third kappa shape index (κ3) is 3.14. The van der Waals surface area contributed by atoms with Gasteiger partial charge >= 0.3 is 0 Å². The normalized spacial score (nSPS) is 11.5.